The van der Waals surface area contributed by atoms with Crippen molar-refractivity contribution in [3.8, 4) is 5.75 Å². The van der Waals surface area contributed by atoms with Gasteiger partial charge in [-0.1, -0.05) is 11.6 Å². The minimum absolute atomic E-state index is 0.0144. The lowest BCUT2D eigenvalue weighted by Gasteiger charge is -2.12. The highest BCUT2D eigenvalue weighted by molar-refractivity contribution is 6.31. The Morgan fingerprint density at radius 1 is 1.53 bits per heavy atom. The fourth-order valence-corrected chi connectivity index (χ4v) is 1.24. The molecule has 0 fully saturated rings. The van der Waals surface area contributed by atoms with Gasteiger partial charge in [0.15, 0.2) is 5.82 Å². The lowest BCUT2D eigenvalue weighted by molar-refractivity contribution is 0.0685. The first kappa shape index (κ1) is 11.8. The summed E-state index contributed by atoms with van der Waals surface area (Å²) in [7, 11) is 0. The summed E-state index contributed by atoms with van der Waals surface area (Å²) in [6.07, 6.45) is -0.233. The predicted molar refractivity (Wildman–Crippen MR) is 54.1 cm³/mol. The number of halogens is 2. The van der Waals surface area contributed by atoms with Crippen molar-refractivity contribution in [3.63, 3.8) is 0 Å². The Balaban J connectivity index is 3.27. The number of hydrogen-bond donors (Lipinski definition) is 1. The molecule has 0 saturated heterocycles. The Kier molecular flexibility index (Phi) is 3.52. The monoisotopic (exact) mass is 232 g/mol. The molecule has 3 nitrogen and oxygen atoms in total. The number of carbonyl (C=O) groups is 1. The molecule has 0 bridgehead atoms. The van der Waals surface area contributed by atoms with Crippen molar-refractivity contribution in [2.24, 2.45) is 0 Å². The molecule has 0 aromatic heterocycles. The first-order valence-electron chi connectivity index (χ1n) is 4.31. The van der Waals surface area contributed by atoms with Gasteiger partial charge in [-0.2, -0.15) is 0 Å². The molecule has 0 unspecified atom stereocenters. The standard InChI is InChI=1S/C10H10ClFO3/c1-5(2)15-7-4-3-6(11)9(12)8(7)10(13)14/h3-5H,1-2H3,(H,13,14). The van der Waals surface area contributed by atoms with E-state index in [1.54, 1.807) is 13.8 Å². The van der Waals surface area contributed by atoms with Crippen LogP contribution in [0.2, 0.25) is 5.02 Å². The van der Waals surface area contributed by atoms with E-state index in [4.69, 9.17) is 21.4 Å². The van der Waals surface area contributed by atoms with Gasteiger partial charge >= 0.3 is 5.97 Å². The number of hydrogen-bond acceptors (Lipinski definition) is 2. The summed E-state index contributed by atoms with van der Waals surface area (Å²) in [5.41, 5.74) is -0.531. The average Bonchev–Trinajstić information content (AvgIpc) is 2.10. The Bertz CT molecular complexity index is 390. The zero-order valence-corrected chi connectivity index (χ0v) is 9.01. The summed E-state index contributed by atoms with van der Waals surface area (Å²) in [5.74, 6) is -2.38. The second-order valence-electron chi connectivity index (χ2n) is 3.21. The van der Waals surface area contributed by atoms with Gasteiger partial charge < -0.3 is 9.84 Å². The fraction of sp³-hybridized carbons (Fsp3) is 0.300. The van der Waals surface area contributed by atoms with Crippen LogP contribution < -0.4 is 4.74 Å². The highest BCUT2D eigenvalue weighted by Gasteiger charge is 2.20. The van der Waals surface area contributed by atoms with Crippen molar-refractivity contribution in [2.45, 2.75) is 20.0 Å². The summed E-state index contributed by atoms with van der Waals surface area (Å²) in [6.45, 7) is 3.44. The minimum atomic E-state index is -1.40. The fourth-order valence-electron chi connectivity index (χ4n) is 1.08. The van der Waals surface area contributed by atoms with Crippen molar-refractivity contribution >= 4 is 17.6 Å². The third-order valence-corrected chi connectivity index (χ3v) is 1.93. The zero-order valence-electron chi connectivity index (χ0n) is 8.25. The number of rotatable bonds is 3. The number of benzene rings is 1. The molecular formula is C10H10ClFO3. The summed E-state index contributed by atoms with van der Waals surface area (Å²) >= 11 is 5.47. The van der Waals surface area contributed by atoms with Crippen molar-refractivity contribution in [1.82, 2.24) is 0 Å². The van der Waals surface area contributed by atoms with Gasteiger partial charge in [0.2, 0.25) is 0 Å². The van der Waals surface area contributed by atoms with E-state index in [-0.39, 0.29) is 16.9 Å². The van der Waals surface area contributed by atoms with Crippen LogP contribution in [-0.4, -0.2) is 17.2 Å². The van der Waals surface area contributed by atoms with E-state index in [9.17, 15) is 9.18 Å². The smallest absolute Gasteiger partial charge is 0.342 e. The largest absolute Gasteiger partial charge is 0.490 e. The number of carboxylic acid groups (broad SMARTS) is 1. The average molecular weight is 233 g/mol. The van der Waals surface area contributed by atoms with Crippen molar-refractivity contribution < 1.29 is 19.0 Å². The maximum Gasteiger partial charge on any atom is 0.342 e. The maximum atomic E-state index is 13.4. The van der Waals surface area contributed by atoms with Gasteiger partial charge in [0.05, 0.1) is 11.1 Å². The Hall–Kier alpha value is -1.29. The van der Waals surface area contributed by atoms with Gasteiger partial charge in [-0.3, -0.25) is 0 Å². The van der Waals surface area contributed by atoms with Gasteiger partial charge in [-0.05, 0) is 26.0 Å². The van der Waals surface area contributed by atoms with E-state index < -0.39 is 17.3 Å². The number of aromatic carboxylic acids is 1. The molecule has 0 heterocycles. The molecule has 0 amide bonds. The SMILES string of the molecule is CC(C)Oc1ccc(Cl)c(F)c1C(=O)O. The Morgan fingerprint density at radius 2 is 2.13 bits per heavy atom. The van der Waals surface area contributed by atoms with Crippen LogP contribution in [0.25, 0.3) is 0 Å². The van der Waals surface area contributed by atoms with Gasteiger partial charge in [0.1, 0.15) is 11.3 Å². The van der Waals surface area contributed by atoms with Crippen LogP contribution in [0.15, 0.2) is 12.1 Å². The molecule has 0 saturated carbocycles. The van der Waals surface area contributed by atoms with Gasteiger partial charge in [0, 0.05) is 0 Å². The van der Waals surface area contributed by atoms with E-state index in [2.05, 4.69) is 0 Å². The Morgan fingerprint density at radius 3 is 2.60 bits per heavy atom. The van der Waals surface area contributed by atoms with E-state index in [0.29, 0.717) is 0 Å². The minimum Gasteiger partial charge on any atom is -0.490 e. The lowest BCUT2D eigenvalue weighted by Crippen LogP contribution is -2.11. The molecule has 0 aliphatic heterocycles. The van der Waals surface area contributed by atoms with Crippen LogP contribution in [0.1, 0.15) is 24.2 Å². The molecule has 0 aliphatic carbocycles. The van der Waals surface area contributed by atoms with E-state index >= 15 is 0 Å². The summed E-state index contributed by atoms with van der Waals surface area (Å²) in [5, 5.41) is 8.57. The predicted octanol–water partition coefficient (Wildman–Crippen LogP) is 2.96. The summed E-state index contributed by atoms with van der Waals surface area (Å²) in [4.78, 5) is 10.8. The first-order valence-corrected chi connectivity index (χ1v) is 4.69. The van der Waals surface area contributed by atoms with Crippen molar-refractivity contribution in [1.29, 1.82) is 0 Å². The van der Waals surface area contributed by atoms with E-state index in [1.165, 1.54) is 12.1 Å². The van der Waals surface area contributed by atoms with E-state index in [1.807, 2.05) is 0 Å². The summed E-state index contributed by atoms with van der Waals surface area (Å²) < 4.78 is 18.5. The van der Waals surface area contributed by atoms with Crippen LogP contribution >= 0.6 is 11.6 Å². The normalized spacial score (nSPS) is 10.5. The topological polar surface area (TPSA) is 46.5 Å². The van der Waals surface area contributed by atoms with Crippen LogP contribution in [0.3, 0.4) is 0 Å². The second kappa shape index (κ2) is 4.49. The van der Waals surface area contributed by atoms with Crippen LogP contribution in [0.5, 0.6) is 5.75 Å². The second-order valence-corrected chi connectivity index (χ2v) is 3.61. The summed E-state index contributed by atoms with van der Waals surface area (Å²) in [6, 6.07) is 2.61. The highest BCUT2D eigenvalue weighted by Crippen LogP contribution is 2.28. The molecule has 0 atom stereocenters. The molecule has 0 spiro atoms. The molecule has 5 heteroatoms. The third kappa shape index (κ3) is 2.59. The number of carboxylic acids is 1. The molecule has 1 rings (SSSR count). The molecule has 0 aliphatic rings. The quantitative estimate of drug-likeness (QED) is 0.872. The molecule has 82 valence electrons. The third-order valence-electron chi connectivity index (χ3n) is 1.63. The van der Waals surface area contributed by atoms with Crippen molar-refractivity contribution in [2.75, 3.05) is 0 Å². The van der Waals surface area contributed by atoms with Crippen LogP contribution in [-0.2, 0) is 0 Å². The lowest BCUT2D eigenvalue weighted by atomic mass is 10.2. The van der Waals surface area contributed by atoms with Crippen LogP contribution in [0, 0.1) is 5.82 Å². The molecule has 0 radical (unpaired) electrons. The van der Waals surface area contributed by atoms with Crippen molar-refractivity contribution in [3.05, 3.63) is 28.5 Å². The molecular weight excluding hydrogens is 223 g/mol. The molecule has 15 heavy (non-hydrogen) atoms. The van der Waals surface area contributed by atoms with Gasteiger partial charge in [-0.25, -0.2) is 9.18 Å². The van der Waals surface area contributed by atoms with Gasteiger partial charge in [-0.15, -0.1) is 0 Å². The zero-order chi connectivity index (χ0) is 11.6. The Labute approximate surface area is 91.4 Å². The van der Waals surface area contributed by atoms with Gasteiger partial charge in [0.25, 0.3) is 0 Å². The first-order chi connectivity index (χ1) is 6.93. The number of ether oxygens (including phenoxy) is 1. The van der Waals surface area contributed by atoms with E-state index in [0.717, 1.165) is 0 Å². The van der Waals surface area contributed by atoms with Crippen LogP contribution in [0.4, 0.5) is 4.39 Å². The maximum absolute atomic E-state index is 13.4. The molecule has 1 aromatic rings. The molecule has 1 N–H and O–H groups in total. The molecule has 1 aromatic carbocycles. The highest BCUT2D eigenvalue weighted by atomic mass is 35.5.